The molecule has 0 aliphatic rings. The van der Waals surface area contributed by atoms with Gasteiger partial charge >= 0.3 is 5.97 Å². The molecule has 0 aliphatic heterocycles. The van der Waals surface area contributed by atoms with Crippen molar-refractivity contribution in [3.63, 3.8) is 0 Å². The van der Waals surface area contributed by atoms with Crippen LogP contribution in [0.25, 0.3) is 0 Å². The predicted octanol–water partition coefficient (Wildman–Crippen LogP) is 6.90. The molecule has 41 heavy (non-hydrogen) atoms. The zero-order chi connectivity index (χ0) is 29.5. The molecular formula is C28H17BrCl2N4O6. The van der Waals surface area contributed by atoms with Crippen molar-refractivity contribution in [2.75, 3.05) is 5.32 Å². The van der Waals surface area contributed by atoms with Gasteiger partial charge in [0.2, 0.25) is 0 Å². The topological polar surface area (TPSA) is 140 Å². The molecule has 10 nitrogen and oxygen atoms in total. The number of anilines is 1. The van der Waals surface area contributed by atoms with Gasteiger partial charge in [0, 0.05) is 32.8 Å². The zero-order valence-electron chi connectivity index (χ0n) is 20.6. The third kappa shape index (κ3) is 7.54. The van der Waals surface area contributed by atoms with E-state index < -0.39 is 22.7 Å². The van der Waals surface area contributed by atoms with Crippen LogP contribution in [-0.2, 0) is 0 Å². The number of non-ortho nitro benzene ring substituents is 1. The summed E-state index contributed by atoms with van der Waals surface area (Å²) >= 11 is 15.4. The molecule has 0 atom stereocenters. The van der Waals surface area contributed by atoms with Crippen molar-refractivity contribution in [2.45, 2.75) is 0 Å². The molecule has 4 aromatic rings. The lowest BCUT2D eigenvalue weighted by atomic mass is 10.1. The van der Waals surface area contributed by atoms with Crippen LogP contribution in [0.2, 0.25) is 10.0 Å². The Kier molecular flexibility index (Phi) is 9.45. The van der Waals surface area contributed by atoms with E-state index in [0.29, 0.717) is 15.1 Å². The quantitative estimate of drug-likeness (QED) is 0.0696. The largest absolute Gasteiger partial charge is 0.422 e. The molecule has 0 saturated heterocycles. The first-order chi connectivity index (χ1) is 19.6. The van der Waals surface area contributed by atoms with E-state index in [1.165, 1.54) is 66.9 Å². The van der Waals surface area contributed by atoms with E-state index in [2.05, 4.69) is 31.8 Å². The number of para-hydroxylation sites is 1. The zero-order valence-corrected chi connectivity index (χ0v) is 23.7. The maximum Gasteiger partial charge on any atom is 0.345 e. The molecule has 4 aromatic carbocycles. The second-order valence-corrected chi connectivity index (χ2v) is 9.96. The Morgan fingerprint density at radius 2 is 1.63 bits per heavy atom. The highest BCUT2D eigenvalue weighted by Gasteiger charge is 2.17. The lowest BCUT2D eigenvalue weighted by Crippen LogP contribution is -2.21. The van der Waals surface area contributed by atoms with Gasteiger partial charge in [0.05, 0.1) is 33.0 Å². The highest BCUT2D eigenvalue weighted by atomic mass is 79.9. The summed E-state index contributed by atoms with van der Waals surface area (Å²) in [5, 5.41) is 17.9. The number of nitro benzene ring substituents is 1. The standard InChI is InChI=1S/C28H17BrCl2N4O6/c29-18-7-12-25(41-28(38)21-11-8-19(30)14-23(21)31)17(13-18)15-32-34-27(37)22-3-1-2-4-24(22)33-26(36)16-5-9-20(10-6-16)35(39)40/h1-15H,(H,33,36)(H,34,37)/b32-15-. The molecule has 0 radical (unpaired) electrons. The minimum atomic E-state index is -0.717. The smallest absolute Gasteiger partial charge is 0.345 e. The van der Waals surface area contributed by atoms with Crippen LogP contribution < -0.4 is 15.5 Å². The number of carbonyl (C=O) groups is 3. The number of esters is 1. The number of nitrogens with zero attached hydrogens (tertiary/aromatic N) is 2. The summed E-state index contributed by atoms with van der Waals surface area (Å²) in [7, 11) is 0. The number of benzene rings is 4. The maximum absolute atomic E-state index is 12.9. The molecule has 0 aromatic heterocycles. The molecule has 13 heteroatoms. The average Bonchev–Trinajstić information content (AvgIpc) is 2.94. The number of hydrogen-bond acceptors (Lipinski definition) is 7. The monoisotopic (exact) mass is 654 g/mol. The number of nitrogens with one attached hydrogen (secondary N) is 2. The molecule has 206 valence electrons. The van der Waals surface area contributed by atoms with Gasteiger partial charge < -0.3 is 10.1 Å². The summed E-state index contributed by atoms with van der Waals surface area (Å²) in [6, 6.07) is 20.5. The molecule has 0 spiro atoms. The SMILES string of the molecule is O=C(Nc1ccccc1C(=O)N/N=C\c1cc(Br)ccc1OC(=O)c1ccc(Cl)cc1Cl)c1ccc([N+](=O)[O-])cc1. The van der Waals surface area contributed by atoms with E-state index in [4.69, 9.17) is 27.9 Å². The van der Waals surface area contributed by atoms with Gasteiger partial charge in [0.15, 0.2) is 0 Å². The third-order valence-corrected chi connectivity index (χ3v) is 6.50. The third-order valence-electron chi connectivity index (χ3n) is 5.46. The van der Waals surface area contributed by atoms with Crippen LogP contribution in [0.3, 0.4) is 0 Å². The van der Waals surface area contributed by atoms with Crippen molar-refractivity contribution >= 4 is 74.5 Å². The van der Waals surface area contributed by atoms with E-state index in [-0.39, 0.29) is 38.8 Å². The Bertz CT molecular complexity index is 1700. The van der Waals surface area contributed by atoms with Crippen molar-refractivity contribution in [3.05, 3.63) is 132 Å². The normalized spacial score (nSPS) is 10.7. The second kappa shape index (κ2) is 13.2. The summed E-state index contributed by atoms with van der Waals surface area (Å²) in [5.41, 5.74) is 3.17. The number of carbonyl (C=O) groups excluding carboxylic acids is 3. The number of ether oxygens (including phenoxy) is 1. The summed E-state index contributed by atoms with van der Waals surface area (Å²) < 4.78 is 6.16. The van der Waals surface area contributed by atoms with Gasteiger partial charge in [0.1, 0.15) is 5.75 Å². The first kappa shape index (κ1) is 29.4. The Morgan fingerprint density at radius 3 is 2.34 bits per heavy atom. The van der Waals surface area contributed by atoms with Crippen molar-refractivity contribution in [2.24, 2.45) is 5.10 Å². The molecule has 2 N–H and O–H groups in total. The van der Waals surface area contributed by atoms with Crippen molar-refractivity contribution in [1.82, 2.24) is 5.43 Å². The first-order valence-corrected chi connectivity index (χ1v) is 13.1. The number of halogens is 3. The lowest BCUT2D eigenvalue weighted by molar-refractivity contribution is -0.384. The molecule has 0 unspecified atom stereocenters. The molecule has 0 fully saturated rings. The Hall–Kier alpha value is -4.58. The molecule has 0 saturated carbocycles. The summed E-state index contributed by atoms with van der Waals surface area (Å²) in [4.78, 5) is 48.5. The minimum Gasteiger partial charge on any atom is -0.422 e. The van der Waals surface area contributed by atoms with Gasteiger partial charge in [-0.1, -0.05) is 51.3 Å². The van der Waals surface area contributed by atoms with Crippen LogP contribution in [0.15, 0.2) is 94.5 Å². The van der Waals surface area contributed by atoms with Crippen LogP contribution in [0.5, 0.6) is 5.75 Å². The van der Waals surface area contributed by atoms with Gasteiger partial charge in [-0.05, 0) is 60.7 Å². The van der Waals surface area contributed by atoms with Gasteiger partial charge in [0.25, 0.3) is 17.5 Å². The summed E-state index contributed by atoms with van der Waals surface area (Å²) in [6.07, 6.45) is 1.28. The maximum atomic E-state index is 12.9. The Labute approximate surface area is 251 Å². The van der Waals surface area contributed by atoms with E-state index in [1.807, 2.05) is 0 Å². The number of amides is 2. The van der Waals surface area contributed by atoms with Crippen LogP contribution in [-0.4, -0.2) is 28.9 Å². The van der Waals surface area contributed by atoms with Crippen LogP contribution in [0.4, 0.5) is 11.4 Å². The Morgan fingerprint density at radius 1 is 0.902 bits per heavy atom. The van der Waals surface area contributed by atoms with Gasteiger partial charge in [-0.15, -0.1) is 0 Å². The van der Waals surface area contributed by atoms with Crippen LogP contribution >= 0.6 is 39.1 Å². The summed E-state index contributed by atoms with van der Waals surface area (Å²) in [5.74, 6) is -1.77. The van der Waals surface area contributed by atoms with Gasteiger partial charge in [-0.2, -0.15) is 5.10 Å². The van der Waals surface area contributed by atoms with Crippen molar-refractivity contribution in [1.29, 1.82) is 0 Å². The first-order valence-electron chi connectivity index (χ1n) is 11.6. The predicted molar refractivity (Wildman–Crippen MR) is 158 cm³/mol. The average molecular weight is 656 g/mol. The fourth-order valence-corrected chi connectivity index (χ4v) is 4.33. The van der Waals surface area contributed by atoms with Crippen LogP contribution in [0, 0.1) is 10.1 Å². The van der Waals surface area contributed by atoms with Crippen LogP contribution in [0.1, 0.15) is 36.6 Å². The van der Waals surface area contributed by atoms with E-state index in [0.717, 1.165) is 0 Å². The molecule has 0 aliphatic carbocycles. The van der Waals surface area contributed by atoms with Gasteiger partial charge in [-0.25, -0.2) is 10.2 Å². The molecule has 0 heterocycles. The molecular weight excluding hydrogens is 639 g/mol. The number of rotatable bonds is 8. The van der Waals surface area contributed by atoms with E-state index in [9.17, 15) is 24.5 Å². The highest BCUT2D eigenvalue weighted by Crippen LogP contribution is 2.26. The highest BCUT2D eigenvalue weighted by molar-refractivity contribution is 9.10. The fourth-order valence-electron chi connectivity index (χ4n) is 3.46. The Balaban J connectivity index is 1.47. The number of hydrazone groups is 1. The minimum absolute atomic E-state index is 0.109. The fraction of sp³-hybridized carbons (Fsp3) is 0. The van der Waals surface area contributed by atoms with Crippen molar-refractivity contribution < 1.29 is 24.0 Å². The van der Waals surface area contributed by atoms with Gasteiger partial charge in [-0.3, -0.25) is 19.7 Å². The van der Waals surface area contributed by atoms with E-state index in [1.54, 1.807) is 24.3 Å². The summed E-state index contributed by atoms with van der Waals surface area (Å²) in [6.45, 7) is 0. The number of nitro groups is 1. The molecule has 2 amide bonds. The van der Waals surface area contributed by atoms with E-state index >= 15 is 0 Å². The molecule has 4 rings (SSSR count). The second-order valence-electron chi connectivity index (χ2n) is 8.20. The van der Waals surface area contributed by atoms with Crippen molar-refractivity contribution in [3.8, 4) is 5.75 Å². The molecule has 0 bridgehead atoms. The lowest BCUT2D eigenvalue weighted by Gasteiger charge is -2.10. The number of hydrogen-bond donors (Lipinski definition) is 2.